The third-order valence-corrected chi connectivity index (χ3v) is 4.36. The molecule has 102 valence electrons. The number of hydrogen-bond donors (Lipinski definition) is 1. The summed E-state index contributed by atoms with van der Waals surface area (Å²) in [6.45, 7) is 4.85. The molecule has 2 rings (SSSR count). The summed E-state index contributed by atoms with van der Waals surface area (Å²) in [7, 11) is 2.10. The third-order valence-electron chi connectivity index (χ3n) is 4.36. The predicted octanol–water partition coefficient (Wildman–Crippen LogP) is 3.04. The van der Waals surface area contributed by atoms with Crippen LogP contribution in [-0.4, -0.2) is 18.7 Å². The van der Waals surface area contributed by atoms with Crippen LogP contribution in [0.5, 0.6) is 0 Å². The Hall–Kier alpha value is -1.53. The number of rotatable bonds is 3. The van der Waals surface area contributed by atoms with Gasteiger partial charge >= 0.3 is 0 Å². The van der Waals surface area contributed by atoms with Gasteiger partial charge in [0.15, 0.2) is 0 Å². The number of nitrogens with zero attached hydrogens (tertiary/aromatic N) is 2. The Kier molecular flexibility index (Phi) is 3.82. The minimum atomic E-state index is -0.722. The zero-order valence-electron chi connectivity index (χ0n) is 12.0. The molecule has 0 saturated carbocycles. The summed E-state index contributed by atoms with van der Waals surface area (Å²) in [4.78, 5) is 2.25. The lowest BCUT2D eigenvalue weighted by atomic mass is 9.79. The van der Waals surface area contributed by atoms with Gasteiger partial charge in [-0.05, 0) is 43.4 Å². The second-order valence-corrected chi connectivity index (χ2v) is 5.70. The first-order valence-corrected chi connectivity index (χ1v) is 6.95. The van der Waals surface area contributed by atoms with Gasteiger partial charge in [-0.3, -0.25) is 0 Å². The van der Waals surface area contributed by atoms with Gasteiger partial charge in [0.05, 0.1) is 17.6 Å². The van der Waals surface area contributed by atoms with Crippen molar-refractivity contribution in [3.63, 3.8) is 0 Å². The van der Waals surface area contributed by atoms with Crippen molar-refractivity contribution in [2.45, 2.75) is 39.2 Å². The van der Waals surface area contributed by atoms with Crippen molar-refractivity contribution in [3.8, 4) is 6.07 Å². The molecule has 2 atom stereocenters. The molecular formula is C16H22N2O. The van der Waals surface area contributed by atoms with Gasteiger partial charge in [-0.25, -0.2) is 0 Å². The van der Waals surface area contributed by atoms with E-state index in [1.807, 2.05) is 19.9 Å². The minimum Gasteiger partial charge on any atom is -0.387 e. The average Bonchev–Trinajstić information content (AvgIpc) is 2.45. The Labute approximate surface area is 115 Å². The fourth-order valence-corrected chi connectivity index (χ4v) is 2.68. The minimum absolute atomic E-state index is 0.641. The summed E-state index contributed by atoms with van der Waals surface area (Å²) in [5.74, 6) is 0. The van der Waals surface area contributed by atoms with Gasteiger partial charge in [0.2, 0.25) is 0 Å². The van der Waals surface area contributed by atoms with Crippen LogP contribution in [0.3, 0.4) is 0 Å². The molecule has 1 aliphatic heterocycles. The highest BCUT2D eigenvalue weighted by Crippen LogP contribution is 2.38. The first-order chi connectivity index (χ1) is 9.01. The highest BCUT2D eigenvalue weighted by Gasteiger charge is 2.33. The van der Waals surface area contributed by atoms with E-state index < -0.39 is 11.5 Å². The first kappa shape index (κ1) is 13.9. The lowest BCUT2D eigenvalue weighted by molar-refractivity contribution is 0.0721. The second-order valence-electron chi connectivity index (χ2n) is 5.70. The van der Waals surface area contributed by atoms with Crippen LogP contribution < -0.4 is 4.90 Å². The van der Waals surface area contributed by atoms with Crippen LogP contribution in [0.4, 0.5) is 5.69 Å². The normalized spacial score (nSPS) is 19.2. The molecular weight excluding hydrogens is 236 g/mol. The number of aliphatic hydroxyl groups excluding tert-OH is 1. The van der Waals surface area contributed by atoms with Gasteiger partial charge < -0.3 is 10.0 Å². The van der Waals surface area contributed by atoms with Crippen LogP contribution in [0.15, 0.2) is 18.2 Å². The third kappa shape index (κ3) is 2.46. The SMILES string of the molecule is CCC(C)(C#N)C(O)c1ccc2c(c1)CCCN2C. The monoisotopic (exact) mass is 258 g/mol. The maximum atomic E-state index is 10.5. The number of aryl methyl sites for hydroxylation is 1. The average molecular weight is 258 g/mol. The Morgan fingerprint density at radius 3 is 2.89 bits per heavy atom. The Bertz CT molecular complexity index is 506. The molecule has 1 aromatic rings. The molecule has 1 heterocycles. The molecule has 0 aliphatic carbocycles. The van der Waals surface area contributed by atoms with Gasteiger partial charge in [0.25, 0.3) is 0 Å². The molecule has 19 heavy (non-hydrogen) atoms. The number of anilines is 1. The molecule has 3 nitrogen and oxygen atoms in total. The molecule has 1 N–H and O–H groups in total. The van der Waals surface area contributed by atoms with Crippen molar-refractivity contribution < 1.29 is 5.11 Å². The smallest absolute Gasteiger partial charge is 0.0973 e. The van der Waals surface area contributed by atoms with E-state index in [0.29, 0.717) is 6.42 Å². The van der Waals surface area contributed by atoms with Crippen molar-refractivity contribution in [3.05, 3.63) is 29.3 Å². The predicted molar refractivity (Wildman–Crippen MR) is 77.0 cm³/mol. The molecule has 0 saturated heterocycles. The highest BCUT2D eigenvalue weighted by molar-refractivity contribution is 5.56. The van der Waals surface area contributed by atoms with Gasteiger partial charge in [-0.2, -0.15) is 5.26 Å². The molecule has 0 bridgehead atoms. The lowest BCUT2D eigenvalue weighted by Gasteiger charge is -2.30. The maximum absolute atomic E-state index is 10.5. The fourth-order valence-electron chi connectivity index (χ4n) is 2.68. The van der Waals surface area contributed by atoms with Crippen LogP contribution in [0, 0.1) is 16.7 Å². The molecule has 1 aromatic carbocycles. The molecule has 2 unspecified atom stereocenters. The van der Waals surface area contributed by atoms with Crippen molar-refractivity contribution in [1.82, 2.24) is 0 Å². The topological polar surface area (TPSA) is 47.3 Å². The van der Waals surface area contributed by atoms with Crippen molar-refractivity contribution in [2.24, 2.45) is 5.41 Å². The lowest BCUT2D eigenvalue weighted by Crippen LogP contribution is -2.26. The number of hydrogen-bond acceptors (Lipinski definition) is 3. The van der Waals surface area contributed by atoms with E-state index in [9.17, 15) is 10.4 Å². The maximum Gasteiger partial charge on any atom is 0.0973 e. The van der Waals surface area contributed by atoms with Crippen molar-refractivity contribution >= 4 is 5.69 Å². The summed E-state index contributed by atoms with van der Waals surface area (Å²) in [6, 6.07) is 8.35. The van der Waals surface area contributed by atoms with Crippen molar-refractivity contribution in [2.75, 3.05) is 18.5 Å². The van der Waals surface area contributed by atoms with E-state index in [4.69, 9.17) is 0 Å². The van der Waals surface area contributed by atoms with E-state index >= 15 is 0 Å². The second kappa shape index (κ2) is 5.22. The van der Waals surface area contributed by atoms with Crippen molar-refractivity contribution in [1.29, 1.82) is 5.26 Å². The van der Waals surface area contributed by atoms with E-state index in [1.54, 1.807) is 0 Å². The molecule has 0 amide bonds. The van der Waals surface area contributed by atoms with E-state index in [-0.39, 0.29) is 0 Å². The summed E-state index contributed by atoms with van der Waals surface area (Å²) < 4.78 is 0. The van der Waals surface area contributed by atoms with Crippen LogP contribution >= 0.6 is 0 Å². The molecule has 0 aromatic heterocycles. The molecule has 1 aliphatic rings. The number of nitriles is 1. The quantitative estimate of drug-likeness (QED) is 0.906. The van der Waals surface area contributed by atoms with Crippen LogP contribution in [0.1, 0.15) is 43.9 Å². The summed E-state index contributed by atoms with van der Waals surface area (Å²) in [5, 5.41) is 19.8. The summed E-state index contributed by atoms with van der Waals surface area (Å²) in [6.07, 6.45) is 2.11. The fraction of sp³-hybridized carbons (Fsp3) is 0.562. The van der Waals surface area contributed by atoms with E-state index in [2.05, 4.69) is 30.1 Å². The van der Waals surface area contributed by atoms with Gasteiger partial charge in [0.1, 0.15) is 0 Å². The van der Waals surface area contributed by atoms with Crippen LogP contribution in [0.25, 0.3) is 0 Å². The van der Waals surface area contributed by atoms with E-state index in [1.165, 1.54) is 11.3 Å². The molecule has 0 spiro atoms. The zero-order chi connectivity index (χ0) is 14.0. The molecule has 0 radical (unpaired) electrons. The standard InChI is InChI=1S/C16H22N2O/c1-4-16(2,11-17)15(19)13-7-8-14-12(10-13)6-5-9-18(14)3/h7-8,10,15,19H,4-6,9H2,1-3H3. The summed E-state index contributed by atoms with van der Waals surface area (Å²) >= 11 is 0. The van der Waals surface area contributed by atoms with Crippen LogP contribution in [-0.2, 0) is 6.42 Å². The first-order valence-electron chi connectivity index (χ1n) is 6.95. The van der Waals surface area contributed by atoms with Gasteiger partial charge in [-0.15, -0.1) is 0 Å². The molecule has 3 heteroatoms. The molecule has 0 fully saturated rings. The van der Waals surface area contributed by atoms with Gasteiger partial charge in [-0.1, -0.05) is 19.1 Å². The van der Waals surface area contributed by atoms with E-state index in [0.717, 1.165) is 24.9 Å². The Balaban J connectivity index is 2.35. The number of fused-ring (bicyclic) bond motifs is 1. The number of aliphatic hydroxyl groups is 1. The summed E-state index contributed by atoms with van der Waals surface area (Å²) in [5.41, 5.74) is 2.67. The number of benzene rings is 1. The highest BCUT2D eigenvalue weighted by atomic mass is 16.3. The van der Waals surface area contributed by atoms with Crippen LogP contribution in [0.2, 0.25) is 0 Å². The Morgan fingerprint density at radius 2 is 2.26 bits per heavy atom. The zero-order valence-corrected chi connectivity index (χ0v) is 12.0. The largest absolute Gasteiger partial charge is 0.387 e. The van der Waals surface area contributed by atoms with Gasteiger partial charge in [0, 0.05) is 19.3 Å². The Morgan fingerprint density at radius 1 is 1.53 bits per heavy atom.